The monoisotopic (exact) mass is 456 g/mol. The standard InChI is InChI=1S/C20H25FN2O5S2/c1-15(16-6-12-19(13-7-16)29(2,25)26)22-20(24)5-4-14-23(30(3,27)28)18-10-8-17(21)9-11-18/h6-13,15H,4-5,14H2,1-3H3,(H,22,24)/t15-/m0/s1. The average molecular weight is 457 g/mol. The summed E-state index contributed by atoms with van der Waals surface area (Å²) in [6.07, 6.45) is 2.55. The van der Waals surface area contributed by atoms with Crippen molar-refractivity contribution in [3.63, 3.8) is 0 Å². The number of hydrogen-bond acceptors (Lipinski definition) is 5. The van der Waals surface area contributed by atoms with Crippen LogP contribution in [0, 0.1) is 5.82 Å². The Kier molecular flexibility index (Phi) is 7.59. The van der Waals surface area contributed by atoms with E-state index in [-0.39, 0.29) is 36.2 Å². The highest BCUT2D eigenvalue weighted by atomic mass is 32.2. The van der Waals surface area contributed by atoms with Gasteiger partial charge in [-0.1, -0.05) is 12.1 Å². The molecule has 2 aromatic rings. The fourth-order valence-corrected chi connectivity index (χ4v) is 4.47. The Morgan fingerprint density at radius 2 is 1.57 bits per heavy atom. The molecular weight excluding hydrogens is 431 g/mol. The molecule has 1 atom stereocenters. The predicted octanol–water partition coefficient (Wildman–Crippen LogP) is 2.65. The molecule has 0 spiro atoms. The van der Waals surface area contributed by atoms with Crippen LogP contribution < -0.4 is 9.62 Å². The number of carbonyl (C=O) groups is 1. The van der Waals surface area contributed by atoms with E-state index in [1.54, 1.807) is 19.1 Å². The summed E-state index contributed by atoms with van der Waals surface area (Å²) in [4.78, 5) is 12.4. The Balaban J connectivity index is 1.93. The molecule has 30 heavy (non-hydrogen) atoms. The minimum absolute atomic E-state index is 0.0787. The van der Waals surface area contributed by atoms with Gasteiger partial charge < -0.3 is 5.32 Å². The van der Waals surface area contributed by atoms with Crippen molar-refractivity contribution in [2.45, 2.75) is 30.7 Å². The first kappa shape index (κ1) is 23.8. The van der Waals surface area contributed by atoms with Gasteiger partial charge in [0.2, 0.25) is 15.9 Å². The van der Waals surface area contributed by atoms with Gasteiger partial charge in [-0.25, -0.2) is 21.2 Å². The summed E-state index contributed by atoms with van der Waals surface area (Å²) in [6, 6.07) is 11.0. The number of carbonyl (C=O) groups excluding carboxylic acids is 1. The van der Waals surface area contributed by atoms with Crippen LogP contribution in [-0.2, 0) is 24.7 Å². The van der Waals surface area contributed by atoms with Gasteiger partial charge in [0.05, 0.1) is 22.9 Å². The van der Waals surface area contributed by atoms with Crippen molar-refractivity contribution in [3.8, 4) is 0 Å². The summed E-state index contributed by atoms with van der Waals surface area (Å²) in [5, 5.41) is 2.81. The molecule has 10 heteroatoms. The molecule has 164 valence electrons. The molecule has 7 nitrogen and oxygen atoms in total. The zero-order chi connectivity index (χ0) is 22.5. The van der Waals surface area contributed by atoms with Gasteiger partial charge >= 0.3 is 0 Å². The molecule has 0 bridgehead atoms. The molecular formula is C20H25FN2O5S2. The van der Waals surface area contributed by atoms with Gasteiger partial charge in [-0.15, -0.1) is 0 Å². The van der Waals surface area contributed by atoms with Gasteiger partial charge in [0, 0.05) is 19.2 Å². The number of amides is 1. The van der Waals surface area contributed by atoms with E-state index in [9.17, 15) is 26.0 Å². The highest BCUT2D eigenvalue weighted by Gasteiger charge is 2.18. The first-order chi connectivity index (χ1) is 13.9. The van der Waals surface area contributed by atoms with Crippen LogP contribution in [0.25, 0.3) is 0 Å². The number of nitrogens with one attached hydrogen (secondary N) is 1. The van der Waals surface area contributed by atoms with Gasteiger partial charge in [0.1, 0.15) is 5.82 Å². The first-order valence-corrected chi connectivity index (χ1v) is 12.9. The van der Waals surface area contributed by atoms with Crippen molar-refractivity contribution in [1.82, 2.24) is 5.32 Å². The second kappa shape index (κ2) is 9.57. The van der Waals surface area contributed by atoms with Crippen LogP contribution in [0.2, 0.25) is 0 Å². The van der Waals surface area contributed by atoms with Crippen LogP contribution in [0.4, 0.5) is 10.1 Å². The van der Waals surface area contributed by atoms with E-state index in [1.807, 2.05) is 0 Å². The second-order valence-electron chi connectivity index (χ2n) is 7.05. The molecule has 0 aliphatic heterocycles. The van der Waals surface area contributed by atoms with Gasteiger partial charge in [0.25, 0.3) is 0 Å². The number of rotatable bonds is 9. The molecule has 0 unspecified atom stereocenters. The largest absolute Gasteiger partial charge is 0.350 e. The molecule has 0 aliphatic carbocycles. The molecule has 0 radical (unpaired) electrons. The fourth-order valence-electron chi connectivity index (χ4n) is 2.88. The Morgan fingerprint density at radius 1 is 1.00 bits per heavy atom. The van der Waals surface area contributed by atoms with E-state index in [2.05, 4.69) is 5.32 Å². The van der Waals surface area contributed by atoms with E-state index in [4.69, 9.17) is 0 Å². The number of sulfonamides is 1. The number of halogens is 1. The molecule has 1 N–H and O–H groups in total. The van der Waals surface area contributed by atoms with Crippen LogP contribution in [0.5, 0.6) is 0 Å². The van der Waals surface area contributed by atoms with Crippen molar-refractivity contribution >= 4 is 31.5 Å². The summed E-state index contributed by atoms with van der Waals surface area (Å²) in [5.41, 5.74) is 1.08. The van der Waals surface area contributed by atoms with Crippen molar-refractivity contribution in [2.75, 3.05) is 23.4 Å². The van der Waals surface area contributed by atoms with Gasteiger partial charge in [-0.2, -0.15) is 0 Å². The lowest BCUT2D eigenvalue weighted by molar-refractivity contribution is -0.121. The lowest BCUT2D eigenvalue weighted by Gasteiger charge is -2.22. The normalized spacial score (nSPS) is 12.9. The third-order valence-electron chi connectivity index (χ3n) is 4.47. The van der Waals surface area contributed by atoms with Crippen LogP contribution in [0.15, 0.2) is 53.4 Å². The van der Waals surface area contributed by atoms with Gasteiger partial charge in [-0.05, 0) is 55.3 Å². The molecule has 0 saturated carbocycles. The zero-order valence-corrected chi connectivity index (χ0v) is 18.6. The van der Waals surface area contributed by atoms with E-state index < -0.39 is 25.7 Å². The van der Waals surface area contributed by atoms with Gasteiger partial charge in [-0.3, -0.25) is 9.10 Å². The molecule has 0 heterocycles. The summed E-state index contributed by atoms with van der Waals surface area (Å²) in [7, 11) is -6.87. The van der Waals surface area contributed by atoms with Crippen molar-refractivity contribution in [3.05, 3.63) is 59.9 Å². The number of nitrogens with zero attached hydrogens (tertiary/aromatic N) is 1. The zero-order valence-electron chi connectivity index (χ0n) is 17.0. The molecule has 0 saturated heterocycles. The maximum absolute atomic E-state index is 13.1. The lowest BCUT2D eigenvalue weighted by atomic mass is 10.1. The molecule has 0 aromatic heterocycles. The number of benzene rings is 2. The highest BCUT2D eigenvalue weighted by molar-refractivity contribution is 7.92. The number of sulfone groups is 1. The van der Waals surface area contributed by atoms with Crippen molar-refractivity contribution < 1.29 is 26.0 Å². The quantitative estimate of drug-likeness (QED) is 0.625. The minimum atomic E-state index is -3.58. The van der Waals surface area contributed by atoms with Crippen LogP contribution >= 0.6 is 0 Å². The predicted molar refractivity (Wildman–Crippen MR) is 114 cm³/mol. The summed E-state index contributed by atoms with van der Waals surface area (Å²) in [5.74, 6) is -0.729. The topological polar surface area (TPSA) is 101 Å². The maximum Gasteiger partial charge on any atom is 0.232 e. The lowest BCUT2D eigenvalue weighted by Crippen LogP contribution is -2.32. The van der Waals surface area contributed by atoms with E-state index in [1.165, 1.54) is 36.4 Å². The Labute approximate surface area is 176 Å². The number of anilines is 1. The smallest absolute Gasteiger partial charge is 0.232 e. The van der Waals surface area contributed by atoms with Crippen LogP contribution in [0.1, 0.15) is 31.4 Å². The molecule has 1 amide bonds. The first-order valence-electron chi connectivity index (χ1n) is 9.20. The third kappa shape index (κ3) is 6.81. The minimum Gasteiger partial charge on any atom is -0.350 e. The average Bonchev–Trinajstić information content (AvgIpc) is 2.64. The van der Waals surface area contributed by atoms with E-state index in [0.29, 0.717) is 5.69 Å². The molecule has 0 aliphatic rings. The van der Waals surface area contributed by atoms with Gasteiger partial charge in [0.15, 0.2) is 9.84 Å². The molecule has 2 rings (SSSR count). The Hall–Kier alpha value is -2.46. The summed E-state index contributed by atoms with van der Waals surface area (Å²) < 4.78 is 61.4. The highest BCUT2D eigenvalue weighted by Crippen LogP contribution is 2.19. The summed E-state index contributed by atoms with van der Waals surface area (Å²) in [6.45, 7) is 1.85. The fraction of sp³-hybridized carbons (Fsp3) is 0.350. The Morgan fingerprint density at radius 3 is 2.07 bits per heavy atom. The van der Waals surface area contributed by atoms with Crippen LogP contribution in [0.3, 0.4) is 0 Å². The van der Waals surface area contributed by atoms with Crippen molar-refractivity contribution in [2.24, 2.45) is 0 Å². The third-order valence-corrected chi connectivity index (χ3v) is 6.79. The molecule has 2 aromatic carbocycles. The SMILES string of the molecule is C[C@H](NC(=O)CCCN(c1ccc(F)cc1)S(C)(=O)=O)c1ccc(S(C)(=O)=O)cc1. The molecule has 0 fully saturated rings. The van der Waals surface area contributed by atoms with Crippen molar-refractivity contribution in [1.29, 1.82) is 0 Å². The summed E-state index contributed by atoms with van der Waals surface area (Å²) >= 11 is 0. The second-order valence-corrected chi connectivity index (χ2v) is 11.0. The number of hydrogen-bond donors (Lipinski definition) is 1. The van der Waals surface area contributed by atoms with E-state index in [0.717, 1.165) is 22.4 Å². The van der Waals surface area contributed by atoms with E-state index >= 15 is 0 Å². The maximum atomic E-state index is 13.1. The Bertz CT molecular complexity index is 1080. The van der Waals surface area contributed by atoms with Crippen LogP contribution in [-0.4, -0.2) is 41.8 Å².